The summed E-state index contributed by atoms with van der Waals surface area (Å²) in [5.41, 5.74) is 7.56. The third kappa shape index (κ3) is 5.18. The molecule has 10 heteroatoms. The molecule has 3 heterocycles. The number of benzene rings is 1. The molecule has 0 atom stereocenters. The third-order valence-electron chi connectivity index (χ3n) is 5.36. The Morgan fingerprint density at radius 1 is 1.18 bits per heavy atom. The second-order valence-electron chi connectivity index (χ2n) is 7.80. The molecule has 0 fully saturated rings. The molecule has 0 saturated heterocycles. The lowest BCUT2D eigenvalue weighted by molar-refractivity contribution is -0.118. The van der Waals surface area contributed by atoms with E-state index in [0.29, 0.717) is 18.7 Å². The molecule has 0 aliphatic rings. The summed E-state index contributed by atoms with van der Waals surface area (Å²) in [7, 11) is 0. The predicted octanol–water partition coefficient (Wildman–Crippen LogP) is 3.73. The van der Waals surface area contributed by atoms with Crippen LogP contribution in [-0.4, -0.2) is 27.0 Å². The highest BCUT2D eigenvalue weighted by Gasteiger charge is 2.25. The van der Waals surface area contributed by atoms with Crippen molar-refractivity contribution in [1.29, 1.82) is 0 Å². The van der Waals surface area contributed by atoms with Gasteiger partial charge in [-0.05, 0) is 23.4 Å². The maximum atomic E-state index is 13.4. The van der Waals surface area contributed by atoms with Gasteiger partial charge in [0.15, 0.2) is 5.69 Å². The number of thiophene rings is 1. The van der Waals surface area contributed by atoms with Crippen molar-refractivity contribution in [2.45, 2.75) is 32.7 Å². The first-order valence-corrected chi connectivity index (χ1v) is 12.7. The number of amides is 1. The maximum Gasteiger partial charge on any atom is 0.330 e. The average Bonchev–Trinajstić information content (AvgIpc) is 3.51. The molecular weight excluding hydrogens is 470 g/mol. The molecule has 0 bridgehead atoms. The molecule has 8 nitrogen and oxygen atoms in total. The molecule has 1 aromatic carbocycles. The Hall–Kier alpha value is -3.50. The highest BCUT2D eigenvalue weighted by atomic mass is 32.1. The number of nitrogens with two attached hydrogens (primary N) is 1. The summed E-state index contributed by atoms with van der Waals surface area (Å²) in [6, 6.07) is 11.3. The number of carbonyl (C=O) groups excluding carboxylic acids is 1. The smallest absolute Gasteiger partial charge is 0.330 e. The van der Waals surface area contributed by atoms with Gasteiger partial charge in [0, 0.05) is 22.9 Å². The van der Waals surface area contributed by atoms with Crippen molar-refractivity contribution >= 4 is 40.1 Å². The van der Waals surface area contributed by atoms with Gasteiger partial charge in [0.25, 0.3) is 5.56 Å². The molecule has 4 rings (SSSR count). The summed E-state index contributed by atoms with van der Waals surface area (Å²) in [5, 5.41) is 6.69. The van der Waals surface area contributed by atoms with Crippen LogP contribution in [0.2, 0.25) is 0 Å². The van der Waals surface area contributed by atoms with E-state index in [4.69, 9.17) is 5.73 Å². The van der Waals surface area contributed by atoms with E-state index < -0.39 is 11.2 Å². The van der Waals surface area contributed by atoms with E-state index >= 15 is 0 Å². The SMILES string of the molecule is CCCCN(C(=O)Cc1csc(-c2ccsc2)n1)c1c(N)n(Cc2ccccc2)c(=O)[nH]c1=O. The van der Waals surface area contributed by atoms with Gasteiger partial charge in [-0.1, -0.05) is 43.7 Å². The molecular formula is C24H25N5O3S2. The first-order valence-electron chi connectivity index (χ1n) is 10.9. The van der Waals surface area contributed by atoms with Crippen molar-refractivity contribution in [2.75, 3.05) is 17.2 Å². The van der Waals surface area contributed by atoms with E-state index in [-0.39, 0.29) is 30.4 Å². The van der Waals surface area contributed by atoms with E-state index in [1.807, 2.05) is 59.5 Å². The number of aromatic nitrogens is 3. The number of H-pyrrole nitrogens is 1. The Balaban J connectivity index is 1.66. The van der Waals surface area contributed by atoms with Crippen LogP contribution in [0.3, 0.4) is 0 Å². The topological polar surface area (TPSA) is 114 Å². The fourth-order valence-corrected chi connectivity index (χ4v) is 5.13. The van der Waals surface area contributed by atoms with Gasteiger partial charge in [0.05, 0.1) is 18.7 Å². The fraction of sp³-hybridized carbons (Fsp3) is 0.250. The number of anilines is 2. The Morgan fingerprint density at radius 3 is 2.68 bits per heavy atom. The molecule has 34 heavy (non-hydrogen) atoms. The van der Waals surface area contributed by atoms with Crippen LogP contribution < -0.4 is 21.9 Å². The second-order valence-corrected chi connectivity index (χ2v) is 9.43. The molecule has 0 aliphatic carbocycles. The standard InChI is InChI=1S/C24H25N5O3S2/c1-2-3-10-28(19(30)12-18-15-34-23(26-18)17-9-11-33-14-17)20-21(25)29(24(32)27-22(20)31)13-16-7-5-4-6-8-16/h4-9,11,14-15H,2-3,10,12-13,25H2,1H3,(H,27,31,32). The third-order valence-corrected chi connectivity index (χ3v) is 6.98. The van der Waals surface area contributed by atoms with Crippen molar-refractivity contribution in [3.8, 4) is 10.6 Å². The fourth-order valence-electron chi connectivity index (χ4n) is 3.60. The Bertz CT molecular complexity index is 1370. The normalized spacial score (nSPS) is 11.0. The van der Waals surface area contributed by atoms with Crippen LogP contribution >= 0.6 is 22.7 Å². The van der Waals surface area contributed by atoms with Crippen LogP contribution in [-0.2, 0) is 17.8 Å². The number of hydrogen-bond donors (Lipinski definition) is 2. The van der Waals surface area contributed by atoms with E-state index in [1.54, 1.807) is 11.3 Å². The van der Waals surface area contributed by atoms with Gasteiger partial charge in [-0.25, -0.2) is 9.78 Å². The lowest BCUT2D eigenvalue weighted by atomic mass is 10.2. The van der Waals surface area contributed by atoms with Crippen LogP contribution in [0.4, 0.5) is 11.5 Å². The van der Waals surface area contributed by atoms with Gasteiger partial charge < -0.3 is 10.6 Å². The molecule has 1 amide bonds. The number of nitrogens with zero attached hydrogens (tertiary/aromatic N) is 3. The molecule has 4 aromatic rings. The number of unbranched alkanes of at least 4 members (excludes halogenated alkanes) is 1. The Labute approximate surface area is 204 Å². The summed E-state index contributed by atoms with van der Waals surface area (Å²) < 4.78 is 1.29. The first-order chi connectivity index (χ1) is 16.5. The summed E-state index contributed by atoms with van der Waals surface area (Å²) in [5.74, 6) is -0.322. The lowest BCUT2D eigenvalue weighted by Crippen LogP contribution is -2.42. The van der Waals surface area contributed by atoms with Gasteiger partial charge in [-0.3, -0.25) is 19.1 Å². The minimum atomic E-state index is -0.673. The number of rotatable bonds is 9. The van der Waals surface area contributed by atoms with Crippen molar-refractivity contribution in [3.63, 3.8) is 0 Å². The average molecular weight is 496 g/mol. The predicted molar refractivity (Wildman–Crippen MR) is 138 cm³/mol. The highest BCUT2D eigenvalue weighted by molar-refractivity contribution is 7.14. The summed E-state index contributed by atoms with van der Waals surface area (Å²) in [6.07, 6.45) is 1.53. The number of thiazole rings is 1. The van der Waals surface area contributed by atoms with Crippen LogP contribution in [0.5, 0.6) is 0 Å². The van der Waals surface area contributed by atoms with Gasteiger partial charge in [0.2, 0.25) is 5.91 Å². The number of carbonyl (C=O) groups is 1. The van der Waals surface area contributed by atoms with Gasteiger partial charge in [0.1, 0.15) is 10.8 Å². The van der Waals surface area contributed by atoms with Crippen molar-refractivity contribution in [2.24, 2.45) is 0 Å². The van der Waals surface area contributed by atoms with Crippen LogP contribution in [0.25, 0.3) is 10.6 Å². The number of hydrogen-bond acceptors (Lipinski definition) is 7. The first kappa shape index (κ1) is 23.7. The molecule has 0 spiro atoms. The molecule has 0 radical (unpaired) electrons. The van der Waals surface area contributed by atoms with E-state index in [1.165, 1.54) is 20.8 Å². The highest BCUT2D eigenvalue weighted by Crippen LogP contribution is 2.26. The minimum absolute atomic E-state index is 0.00210. The molecule has 3 N–H and O–H groups in total. The minimum Gasteiger partial charge on any atom is -0.383 e. The molecule has 176 valence electrons. The van der Waals surface area contributed by atoms with Crippen molar-refractivity contribution in [1.82, 2.24) is 14.5 Å². The maximum absolute atomic E-state index is 13.4. The van der Waals surface area contributed by atoms with Gasteiger partial charge >= 0.3 is 5.69 Å². The molecule has 0 unspecified atom stereocenters. The van der Waals surface area contributed by atoms with Crippen molar-refractivity contribution < 1.29 is 4.79 Å². The van der Waals surface area contributed by atoms with Crippen LogP contribution in [0.1, 0.15) is 31.0 Å². The number of nitrogen functional groups attached to an aromatic ring is 1. The largest absolute Gasteiger partial charge is 0.383 e. The summed E-state index contributed by atoms with van der Waals surface area (Å²) in [6.45, 7) is 2.50. The summed E-state index contributed by atoms with van der Waals surface area (Å²) >= 11 is 3.06. The molecule has 0 saturated carbocycles. The van der Waals surface area contributed by atoms with Gasteiger partial charge in [-0.15, -0.1) is 11.3 Å². The van der Waals surface area contributed by atoms with Crippen LogP contribution in [0, 0.1) is 0 Å². The Kier molecular flexibility index (Phi) is 7.39. The molecule has 3 aromatic heterocycles. The zero-order chi connectivity index (χ0) is 24.1. The van der Waals surface area contributed by atoms with Crippen molar-refractivity contribution in [3.05, 3.63) is 84.6 Å². The monoisotopic (exact) mass is 495 g/mol. The zero-order valence-electron chi connectivity index (χ0n) is 18.7. The van der Waals surface area contributed by atoms with Crippen LogP contribution in [0.15, 0.2) is 62.1 Å². The number of aromatic amines is 1. The summed E-state index contributed by atoms with van der Waals surface area (Å²) in [4.78, 5) is 47.1. The quantitative estimate of drug-likeness (QED) is 0.367. The van der Waals surface area contributed by atoms with E-state index in [0.717, 1.165) is 22.6 Å². The van der Waals surface area contributed by atoms with E-state index in [2.05, 4.69) is 9.97 Å². The van der Waals surface area contributed by atoms with Gasteiger partial charge in [-0.2, -0.15) is 11.3 Å². The lowest BCUT2D eigenvalue weighted by Gasteiger charge is -2.24. The number of nitrogens with one attached hydrogen (secondary N) is 1. The zero-order valence-corrected chi connectivity index (χ0v) is 20.3. The second kappa shape index (κ2) is 10.6. The van der Waals surface area contributed by atoms with E-state index in [9.17, 15) is 14.4 Å². The Morgan fingerprint density at radius 2 is 1.97 bits per heavy atom. The molecule has 0 aliphatic heterocycles.